The second-order valence-corrected chi connectivity index (χ2v) is 38.8. The molecule has 0 heterocycles. The van der Waals surface area contributed by atoms with Crippen LogP contribution < -0.4 is 0 Å². The molecule has 2 aliphatic rings. The molecule has 2 rings (SSSR count). The Hall–Kier alpha value is 1.60. The van der Waals surface area contributed by atoms with Crippen LogP contribution in [0.4, 0.5) is 0 Å². The van der Waals surface area contributed by atoms with Gasteiger partial charge in [-0.05, 0) is 0 Å². The Bertz CT molecular complexity index is 218. The van der Waals surface area contributed by atoms with E-state index in [9.17, 15) is 0 Å². The van der Waals surface area contributed by atoms with Crippen molar-refractivity contribution in [3.8, 4) is 0 Å². The molecule has 0 aliphatic heterocycles. The molecule has 0 nitrogen and oxygen atoms in total. The molecular formula is C12H26Sn2. The van der Waals surface area contributed by atoms with Gasteiger partial charge >= 0.3 is 98.9 Å². The summed E-state index contributed by atoms with van der Waals surface area (Å²) in [6, 6.07) is 0. The molecule has 0 aromatic heterocycles. The van der Waals surface area contributed by atoms with Gasteiger partial charge in [0.15, 0.2) is 0 Å². The van der Waals surface area contributed by atoms with Gasteiger partial charge in [0.05, 0.1) is 0 Å². The summed E-state index contributed by atoms with van der Waals surface area (Å²) >= 11 is -3.31. The molecule has 0 spiro atoms. The third-order valence-electron chi connectivity index (χ3n) is 5.29. The fourth-order valence-electron chi connectivity index (χ4n) is 4.14. The molecule has 2 aliphatic carbocycles. The van der Waals surface area contributed by atoms with Crippen LogP contribution in [0.15, 0.2) is 0 Å². The monoisotopic (exact) mass is 410 g/mol. The van der Waals surface area contributed by atoms with Gasteiger partial charge in [-0.15, -0.1) is 0 Å². The van der Waals surface area contributed by atoms with Gasteiger partial charge in [-0.3, -0.25) is 0 Å². The van der Waals surface area contributed by atoms with Crippen LogP contribution in [-0.4, -0.2) is 36.8 Å². The zero-order valence-corrected chi connectivity index (χ0v) is 16.5. The van der Waals surface area contributed by atoms with Crippen LogP contribution in [0, 0.1) is 0 Å². The maximum absolute atomic E-state index is 2.69. The minimum atomic E-state index is -1.66. The Morgan fingerprint density at radius 2 is 0.786 bits per heavy atom. The van der Waals surface area contributed by atoms with Crippen molar-refractivity contribution in [2.45, 2.75) is 62.2 Å². The van der Waals surface area contributed by atoms with Crippen LogP contribution in [0.2, 0.25) is 36.5 Å². The summed E-state index contributed by atoms with van der Waals surface area (Å²) in [6.45, 7) is 0. The molecule has 0 bridgehead atoms. The summed E-state index contributed by atoms with van der Waals surface area (Å²) in [5.41, 5.74) is 0. The van der Waals surface area contributed by atoms with E-state index in [1.807, 2.05) is 0 Å². The first-order valence-corrected chi connectivity index (χ1v) is 26.1. The SMILES string of the molecule is [CH3][Sn]([CH3])([CH3])[C]1([C]2([Sn]([CH3])([CH3])[CH3])CC2)CC1. The van der Waals surface area contributed by atoms with Gasteiger partial charge < -0.3 is 0 Å². The molecule has 0 radical (unpaired) electrons. The van der Waals surface area contributed by atoms with E-state index in [0.29, 0.717) is 0 Å². The predicted octanol–water partition coefficient (Wildman–Crippen LogP) is 4.73. The van der Waals surface area contributed by atoms with Gasteiger partial charge in [0, 0.05) is 0 Å². The minimum absolute atomic E-state index is 0.982. The Morgan fingerprint density at radius 1 is 0.571 bits per heavy atom. The van der Waals surface area contributed by atoms with Gasteiger partial charge in [0.1, 0.15) is 0 Å². The number of rotatable bonds is 3. The van der Waals surface area contributed by atoms with E-state index in [1.165, 1.54) is 0 Å². The molecular weight excluding hydrogens is 382 g/mol. The molecule has 0 aromatic carbocycles. The fraction of sp³-hybridized carbons (Fsp3) is 1.00. The Morgan fingerprint density at radius 3 is 0.857 bits per heavy atom. The molecule has 0 atom stereocenters. The molecule has 14 heavy (non-hydrogen) atoms. The average Bonchev–Trinajstić information content (AvgIpc) is 2.77. The first-order chi connectivity index (χ1) is 6.16. The van der Waals surface area contributed by atoms with Crippen molar-refractivity contribution in [1.82, 2.24) is 0 Å². The van der Waals surface area contributed by atoms with E-state index >= 15 is 0 Å². The van der Waals surface area contributed by atoms with E-state index < -0.39 is 36.8 Å². The Labute approximate surface area is 98.0 Å². The van der Waals surface area contributed by atoms with Gasteiger partial charge in [0.2, 0.25) is 0 Å². The van der Waals surface area contributed by atoms with Crippen molar-refractivity contribution in [3.05, 3.63) is 0 Å². The zero-order chi connectivity index (χ0) is 10.8. The summed E-state index contributed by atoms with van der Waals surface area (Å²) in [7, 11) is 0. The summed E-state index contributed by atoms with van der Waals surface area (Å²) in [4.78, 5) is 16.2. The third kappa shape index (κ3) is 1.45. The van der Waals surface area contributed by atoms with Crippen LogP contribution >= 0.6 is 0 Å². The summed E-state index contributed by atoms with van der Waals surface area (Å²) in [6.07, 6.45) is 6.50. The first-order valence-electron chi connectivity index (χ1n) is 6.16. The van der Waals surface area contributed by atoms with E-state index in [1.54, 1.807) is 25.7 Å². The maximum atomic E-state index is 2.69. The summed E-state index contributed by atoms with van der Waals surface area (Å²) < 4.78 is 1.96. The van der Waals surface area contributed by atoms with E-state index in [4.69, 9.17) is 0 Å². The van der Waals surface area contributed by atoms with Crippen LogP contribution in [-0.2, 0) is 0 Å². The van der Waals surface area contributed by atoms with E-state index in [-0.39, 0.29) is 0 Å². The normalized spacial score (nSPS) is 28.7. The topological polar surface area (TPSA) is 0 Å². The van der Waals surface area contributed by atoms with Gasteiger partial charge in [-0.25, -0.2) is 0 Å². The number of hydrogen-bond donors (Lipinski definition) is 0. The van der Waals surface area contributed by atoms with Crippen molar-refractivity contribution in [1.29, 1.82) is 0 Å². The standard InChI is InChI=1S/C6H8.6CH3.2Sn/c1-2-5(1)6-3-4-6;;;;;;;;/h1-4H2;6*1H3;;. The number of hydrogen-bond acceptors (Lipinski definition) is 0. The molecule has 0 aromatic rings. The Kier molecular flexibility index (Phi) is 2.66. The molecule has 2 saturated carbocycles. The average molecular weight is 408 g/mol. The first kappa shape index (κ1) is 12.1. The quantitative estimate of drug-likeness (QED) is 0.593. The van der Waals surface area contributed by atoms with E-state index in [0.717, 1.165) is 6.86 Å². The third-order valence-corrected chi connectivity index (χ3v) is 29.3. The van der Waals surface area contributed by atoms with Crippen molar-refractivity contribution >= 4 is 36.8 Å². The fourth-order valence-corrected chi connectivity index (χ4v) is 37.4. The van der Waals surface area contributed by atoms with Crippen LogP contribution in [0.3, 0.4) is 0 Å². The van der Waals surface area contributed by atoms with Gasteiger partial charge in [-0.2, -0.15) is 0 Å². The molecule has 2 fully saturated rings. The summed E-state index contributed by atoms with van der Waals surface area (Å²) in [5, 5.41) is 0. The van der Waals surface area contributed by atoms with Crippen molar-refractivity contribution < 1.29 is 0 Å². The molecule has 82 valence electrons. The zero-order valence-electron chi connectivity index (χ0n) is 10.8. The van der Waals surface area contributed by atoms with Crippen molar-refractivity contribution in [2.24, 2.45) is 0 Å². The van der Waals surface area contributed by atoms with Gasteiger partial charge in [-0.1, -0.05) is 0 Å². The molecule has 0 unspecified atom stereocenters. The van der Waals surface area contributed by atoms with Crippen molar-refractivity contribution in [3.63, 3.8) is 0 Å². The van der Waals surface area contributed by atoms with Crippen molar-refractivity contribution in [2.75, 3.05) is 0 Å². The van der Waals surface area contributed by atoms with Crippen LogP contribution in [0.25, 0.3) is 0 Å². The van der Waals surface area contributed by atoms with E-state index in [2.05, 4.69) is 29.6 Å². The second kappa shape index (κ2) is 3.08. The second-order valence-electron chi connectivity index (χ2n) is 7.66. The van der Waals surface area contributed by atoms with Crippen LogP contribution in [0.5, 0.6) is 0 Å². The predicted molar refractivity (Wildman–Crippen MR) is 70.5 cm³/mol. The molecule has 0 amide bonds. The Balaban J connectivity index is 2.33. The molecule has 2 heteroatoms. The van der Waals surface area contributed by atoms with Crippen LogP contribution in [0.1, 0.15) is 25.7 Å². The van der Waals surface area contributed by atoms with Gasteiger partial charge in [0.25, 0.3) is 0 Å². The molecule has 0 N–H and O–H groups in total. The summed E-state index contributed by atoms with van der Waals surface area (Å²) in [5.74, 6) is 0. The molecule has 0 saturated heterocycles.